The number of aromatic amines is 1. The Morgan fingerprint density at radius 2 is 1.66 bits per heavy atom. The number of urea groups is 1. The number of amides is 3. The Kier molecular flexibility index (Phi) is 9.95. The highest BCUT2D eigenvalue weighted by atomic mass is 79.9. The predicted molar refractivity (Wildman–Crippen MR) is 155 cm³/mol. The van der Waals surface area contributed by atoms with Gasteiger partial charge in [-0.1, -0.05) is 64.5 Å². The molecule has 8 heteroatoms. The van der Waals surface area contributed by atoms with Crippen molar-refractivity contribution in [3.8, 4) is 0 Å². The van der Waals surface area contributed by atoms with E-state index in [9.17, 15) is 9.59 Å². The molecular weight excluding hydrogens is 544 g/mol. The quantitative estimate of drug-likeness (QED) is 0.201. The average Bonchev–Trinajstić information content (AvgIpc) is 3.35. The lowest BCUT2D eigenvalue weighted by molar-refractivity contribution is -0.132. The summed E-state index contributed by atoms with van der Waals surface area (Å²) in [5.41, 5.74) is 3.96. The van der Waals surface area contributed by atoms with Crippen LogP contribution < -0.4 is 5.32 Å². The maximum atomic E-state index is 13.7. The van der Waals surface area contributed by atoms with E-state index in [1.54, 1.807) is 12.0 Å². The molecule has 0 saturated heterocycles. The van der Waals surface area contributed by atoms with Crippen LogP contribution in [0.4, 0.5) is 10.5 Å². The summed E-state index contributed by atoms with van der Waals surface area (Å²) in [6, 6.07) is 25.2. The SMILES string of the molecule is COCCCN(CC(=O)N(CCc1c[nH]c2ccccc12)Cc1ccccc1)C(=O)Nc1ccc(Br)cc1. The predicted octanol–water partition coefficient (Wildman–Crippen LogP) is 6.07. The van der Waals surface area contributed by atoms with Crippen LogP contribution in [0.25, 0.3) is 10.9 Å². The number of halogens is 1. The lowest BCUT2D eigenvalue weighted by atomic mass is 10.1. The fourth-order valence-corrected chi connectivity index (χ4v) is 4.61. The molecule has 0 fully saturated rings. The number of methoxy groups -OCH3 is 1. The highest BCUT2D eigenvalue weighted by Gasteiger charge is 2.22. The number of fused-ring (bicyclic) bond motifs is 1. The second kappa shape index (κ2) is 13.8. The summed E-state index contributed by atoms with van der Waals surface area (Å²) >= 11 is 3.41. The van der Waals surface area contributed by atoms with Crippen molar-refractivity contribution in [1.29, 1.82) is 0 Å². The van der Waals surface area contributed by atoms with Crippen LogP contribution in [0.3, 0.4) is 0 Å². The van der Waals surface area contributed by atoms with Gasteiger partial charge in [-0.05, 0) is 54.3 Å². The maximum Gasteiger partial charge on any atom is 0.322 e. The molecule has 0 spiro atoms. The number of aromatic nitrogens is 1. The number of anilines is 1. The smallest absolute Gasteiger partial charge is 0.322 e. The molecule has 7 nitrogen and oxygen atoms in total. The molecule has 38 heavy (non-hydrogen) atoms. The second-order valence-corrected chi connectivity index (χ2v) is 10.0. The van der Waals surface area contributed by atoms with Crippen LogP contribution in [0.5, 0.6) is 0 Å². The third-order valence-electron chi connectivity index (χ3n) is 6.38. The molecule has 0 unspecified atom stereocenters. The standard InChI is InChI=1S/C30H33BrN4O3/c1-38-19-7-17-35(30(37)33-26-14-12-25(31)13-15-26)22-29(36)34(21-23-8-3-2-4-9-23)18-16-24-20-32-28-11-6-5-10-27(24)28/h2-6,8-15,20,32H,7,16-19,21-22H2,1H3,(H,33,37). The molecular formula is C30H33BrN4O3. The highest BCUT2D eigenvalue weighted by Crippen LogP contribution is 2.19. The van der Waals surface area contributed by atoms with Gasteiger partial charge in [-0.3, -0.25) is 4.79 Å². The Bertz CT molecular complexity index is 1320. The maximum absolute atomic E-state index is 13.7. The average molecular weight is 578 g/mol. The minimum absolute atomic E-state index is 0.0210. The fourth-order valence-electron chi connectivity index (χ4n) is 4.34. The molecule has 4 rings (SSSR count). The van der Waals surface area contributed by atoms with Gasteiger partial charge in [-0.2, -0.15) is 0 Å². The van der Waals surface area contributed by atoms with Crippen molar-refractivity contribution < 1.29 is 14.3 Å². The number of hydrogen-bond acceptors (Lipinski definition) is 3. The van der Waals surface area contributed by atoms with Gasteiger partial charge < -0.3 is 24.8 Å². The summed E-state index contributed by atoms with van der Waals surface area (Å²) in [5, 5.41) is 4.08. The Morgan fingerprint density at radius 1 is 0.921 bits per heavy atom. The van der Waals surface area contributed by atoms with E-state index in [2.05, 4.69) is 32.3 Å². The number of rotatable bonds is 12. The van der Waals surface area contributed by atoms with Crippen LogP contribution in [0.15, 0.2) is 89.5 Å². The second-order valence-electron chi connectivity index (χ2n) is 9.12. The van der Waals surface area contributed by atoms with Crippen molar-refractivity contribution in [1.82, 2.24) is 14.8 Å². The zero-order valence-electron chi connectivity index (χ0n) is 21.5. The first-order valence-corrected chi connectivity index (χ1v) is 13.5. The van der Waals surface area contributed by atoms with E-state index in [4.69, 9.17) is 4.74 Å². The van der Waals surface area contributed by atoms with Crippen molar-refractivity contribution in [2.24, 2.45) is 0 Å². The monoisotopic (exact) mass is 576 g/mol. The van der Waals surface area contributed by atoms with Crippen molar-refractivity contribution in [2.45, 2.75) is 19.4 Å². The van der Waals surface area contributed by atoms with Crippen LogP contribution in [-0.4, -0.2) is 60.1 Å². The highest BCUT2D eigenvalue weighted by molar-refractivity contribution is 9.10. The third kappa shape index (κ3) is 7.69. The molecule has 3 amide bonds. The summed E-state index contributed by atoms with van der Waals surface area (Å²) in [6.07, 6.45) is 3.35. The molecule has 0 saturated carbocycles. The molecule has 0 aliphatic heterocycles. The molecule has 4 aromatic rings. The normalized spacial score (nSPS) is 10.9. The van der Waals surface area contributed by atoms with Gasteiger partial charge in [-0.25, -0.2) is 4.79 Å². The van der Waals surface area contributed by atoms with Crippen LogP contribution >= 0.6 is 15.9 Å². The van der Waals surface area contributed by atoms with Gasteiger partial charge in [0, 0.05) is 60.6 Å². The van der Waals surface area contributed by atoms with Gasteiger partial charge in [0.1, 0.15) is 6.54 Å². The van der Waals surface area contributed by atoms with E-state index in [1.165, 1.54) is 0 Å². The van der Waals surface area contributed by atoms with Crippen LogP contribution in [0, 0.1) is 0 Å². The fraction of sp³-hybridized carbons (Fsp3) is 0.267. The molecule has 198 valence electrons. The Hall–Kier alpha value is -3.62. The van der Waals surface area contributed by atoms with Crippen molar-refractivity contribution in [3.63, 3.8) is 0 Å². The molecule has 1 aromatic heterocycles. The number of nitrogens with zero attached hydrogens (tertiary/aromatic N) is 2. The molecule has 2 N–H and O–H groups in total. The molecule has 0 aliphatic rings. The van der Waals surface area contributed by atoms with Gasteiger partial charge in [0.05, 0.1) is 0 Å². The van der Waals surface area contributed by atoms with E-state index >= 15 is 0 Å². The third-order valence-corrected chi connectivity index (χ3v) is 6.91. The summed E-state index contributed by atoms with van der Waals surface area (Å²) in [6.45, 7) is 1.90. The van der Waals surface area contributed by atoms with E-state index in [1.807, 2.05) is 83.9 Å². The molecule has 3 aromatic carbocycles. The number of hydrogen-bond donors (Lipinski definition) is 2. The topological polar surface area (TPSA) is 77.7 Å². The number of carbonyl (C=O) groups excluding carboxylic acids is 2. The van der Waals surface area contributed by atoms with Gasteiger partial charge in [-0.15, -0.1) is 0 Å². The molecule has 1 heterocycles. The van der Waals surface area contributed by atoms with E-state index in [0.717, 1.165) is 26.5 Å². The van der Waals surface area contributed by atoms with Gasteiger partial charge in [0.2, 0.25) is 5.91 Å². The Labute approximate surface area is 231 Å². The van der Waals surface area contributed by atoms with Crippen LogP contribution in [0.2, 0.25) is 0 Å². The molecule has 0 bridgehead atoms. The van der Waals surface area contributed by atoms with E-state index < -0.39 is 0 Å². The Morgan fingerprint density at radius 3 is 2.42 bits per heavy atom. The first-order chi connectivity index (χ1) is 18.5. The number of carbonyl (C=O) groups is 2. The number of H-pyrrole nitrogens is 1. The molecule has 0 atom stereocenters. The van der Waals surface area contributed by atoms with Crippen molar-refractivity contribution >= 4 is 44.5 Å². The molecule has 0 radical (unpaired) electrons. The minimum Gasteiger partial charge on any atom is -0.385 e. The first-order valence-electron chi connectivity index (χ1n) is 12.7. The van der Waals surface area contributed by atoms with Crippen LogP contribution in [-0.2, 0) is 22.5 Å². The van der Waals surface area contributed by atoms with E-state index in [-0.39, 0.29) is 18.5 Å². The van der Waals surface area contributed by atoms with Gasteiger partial charge in [0.15, 0.2) is 0 Å². The summed E-state index contributed by atoms with van der Waals surface area (Å²) < 4.78 is 6.11. The summed E-state index contributed by atoms with van der Waals surface area (Å²) in [5.74, 6) is -0.0999. The first kappa shape index (κ1) is 27.4. The van der Waals surface area contributed by atoms with E-state index in [0.29, 0.717) is 44.8 Å². The van der Waals surface area contributed by atoms with Gasteiger partial charge in [0.25, 0.3) is 0 Å². The zero-order valence-corrected chi connectivity index (χ0v) is 23.1. The van der Waals surface area contributed by atoms with Gasteiger partial charge >= 0.3 is 6.03 Å². The lowest BCUT2D eigenvalue weighted by Crippen LogP contribution is -2.45. The Balaban J connectivity index is 1.49. The molecule has 0 aliphatic carbocycles. The van der Waals surface area contributed by atoms with Crippen molar-refractivity contribution in [3.05, 3.63) is 101 Å². The number of benzene rings is 3. The largest absolute Gasteiger partial charge is 0.385 e. The van der Waals surface area contributed by atoms with Crippen LogP contribution in [0.1, 0.15) is 17.5 Å². The zero-order chi connectivity index (χ0) is 26.7. The summed E-state index contributed by atoms with van der Waals surface area (Å²) in [7, 11) is 1.63. The number of para-hydroxylation sites is 1. The number of nitrogens with one attached hydrogen (secondary N) is 2. The minimum atomic E-state index is -0.312. The lowest BCUT2D eigenvalue weighted by Gasteiger charge is -2.28. The number of ether oxygens (including phenoxy) is 1. The summed E-state index contributed by atoms with van der Waals surface area (Å²) in [4.78, 5) is 33.6. The van der Waals surface area contributed by atoms with Crippen molar-refractivity contribution in [2.75, 3.05) is 38.7 Å².